The van der Waals surface area contributed by atoms with Crippen molar-refractivity contribution < 1.29 is 9.21 Å². The van der Waals surface area contributed by atoms with Crippen molar-refractivity contribution in [3.05, 3.63) is 59.9 Å². The van der Waals surface area contributed by atoms with Gasteiger partial charge >= 0.3 is 0 Å². The second kappa shape index (κ2) is 5.94. The lowest BCUT2D eigenvalue weighted by atomic mass is 10.0. The summed E-state index contributed by atoms with van der Waals surface area (Å²) in [4.78, 5) is 15.6. The van der Waals surface area contributed by atoms with Crippen LogP contribution in [0.3, 0.4) is 0 Å². The summed E-state index contributed by atoms with van der Waals surface area (Å²) in [6.45, 7) is 0.260. The number of pyridine rings is 1. The molecule has 0 saturated heterocycles. The lowest BCUT2D eigenvalue weighted by Gasteiger charge is -2.11. The molecule has 6 N–H and O–H groups in total. The number of carbonyl (C=O) groups excluding carboxylic acids is 1. The van der Waals surface area contributed by atoms with Gasteiger partial charge in [-0.1, -0.05) is 12.1 Å². The topological polar surface area (TPSA) is 121 Å². The van der Waals surface area contributed by atoms with Crippen LogP contribution in [0.25, 0.3) is 22.6 Å². The summed E-state index contributed by atoms with van der Waals surface area (Å²) in [7, 11) is 0. The number of furan rings is 1. The number of benzene rings is 1. The first kappa shape index (κ1) is 14.8. The Bertz CT molecular complexity index is 840. The molecule has 1 amide bonds. The quantitative estimate of drug-likeness (QED) is 0.681. The van der Waals surface area contributed by atoms with Gasteiger partial charge in [-0.25, -0.2) is 4.98 Å². The molecule has 6 heteroatoms. The summed E-state index contributed by atoms with van der Waals surface area (Å²) in [6, 6.07) is 12.4. The van der Waals surface area contributed by atoms with Gasteiger partial charge in [-0.3, -0.25) is 4.79 Å². The molecular formula is C17H16N4O2. The Labute approximate surface area is 132 Å². The van der Waals surface area contributed by atoms with Crippen molar-refractivity contribution in [1.82, 2.24) is 4.98 Å². The van der Waals surface area contributed by atoms with E-state index in [9.17, 15) is 4.79 Å². The van der Waals surface area contributed by atoms with E-state index in [1.165, 1.54) is 0 Å². The third kappa shape index (κ3) is 2.79. The van der Waals surface area contributed by atoms with E-state index in [1.807, 2.05) is 12.1 Å². The minimum absolute atomic E-state index is 0.260. The van der Waals surface area contributed by atoms with E-state index >= 15 is 0 Å². The van der Waals surface area contributed by atoms with Gasteiger partial charge < -0.3 is 21.6 Å². The van der Waals surface area contributed by atoms with Crippen LogP contribution >= 0.6 is 0 Å². The smallest absolute Gasteiger partial charge is 0.248 e. The first-order chi connectivity index (χ1) is 11.1. The van der Waals surface area contributed by atoms with Gasteiger partial charge in [0.25, 0.3) is 0 Å². The highest BCUT2D eigenvalue weighted by molar-refractivity contribution is 5.93. The fraction of sp³-hybridized carbons (Fsp3) is 0.0588. The molecule has 6 nitrogen and oxygen atoms in total. The van der Waals surface area contributed by atoms with Crippen molar-refractivity contribution in [2.45, 2.75) is 6.54 Å². The molecule has 0 unspecified atom stereocenters. The Hall–Kier alpha value is -3.12. The molecule has 116 valence electrons. The Morgan fingerprint density at radius 2 is 1.91 bits per heavy atom. The molecule has 3 aromatic rings. The molecule has 0 atom stereocenters. The molecule has 3 rings (SSSR count). The normalized spacial score (nSPS) is 10.7. The maximum absolute atomic E-state index is 11.2. The highest BCUT2D eigenvalue weighted by Gasteiger charge is 2.14. The van der Waals surface area contributed by atoms with Gasteiger partial charge in [-0.15, -0.1) is 0 Å². The van der Waals surface area contributed by atoms with Crippen molar-refractivity contribution in [3.8, 4) is 22.6 Å². The number of carbonyl (C=O) groups is 1. The third-order valence-electron chi connectivity index (χ3n) is 3.61. The average Bonchev–Trinajstić information content (AvgIpc) is 3.08. The molecule has 0 bridgehead atoms. The average molecular weight is 308 g/mol. The van der Waals surface area contributed by atoms with Gasteiger partial charge in [-0.05, 0) is 30.3 Å². The molecule has 2 heterocycles. The Balaban J connectivity index is 2.12. The number of hydrogen-bond acceptors (Lipinski definition) is 5. The molecule has 1 aromatic carbocycles. The van der Waals surface area contributed by atoms with Crippen LogP contribution in [0, 0.1) is 0 Å². The van der Waals surface area contributed by atoms with Gasteiger partial charge in [-0.2, -0.15) is 0 Å². The predicted octanol–water partition coefficient (Wildman–Crippen LogP) is 2.15. The summed E-state index contributed by atoms with van der Waals surface area (Å²) >= 11 is 0. The maximum atomic E-state index is 11.2. The molecule has 0 saturated carbocycles. The van der Waals surface area contributed by atoms with Crippen LogP contribution in [0.15, 0.2) is 53.1 Å². The van der Waals surface area contributed by atoms with E-state index in [0.29, 0.717) is 22.8 Å². The van der Waals surface area contributed by atoms with Gasteiger partial charge in [0.15, 0.2) is 0 Å². The van der Waals surface area contributed by atoms with Gasteiger partial charge in [0, 0.05) is 28.8 Å². The third-order valence-corrected chi connectivity index (χ3v) is 3.61. The van der Waals surface area contributed by atoms with Gasteiger partial charge in [0.05, 0.1) is 12.0 Å². The molecule has 2 aromatic heterocycles. The zero-order valence-electron chi connectivity index (χ0n) is 12.3. The van der Waals surface area contributed by atoms with E-state index < -0.39 is 5.91 Å². The Morgan fingerprint density at radius 3 is 2.48 bits per heavy atom. The van der Waals surface area contributed by atoms with Crippen molar-refractivity contribution in [2.24, 2.45) is 11.5 Å². The summed E-state index contributed by atoms with van der Waals surface area (Å²) < 4.78 is 5.46. The number of amides is 1. The minimum atomic E-state index is -0.473. The van der Waals surface area contributed by atoms with Crippen LogP contribution in [0.1, 0.15) is 15.9 Å². The molecule has 0 radical (unpaired) electrons. The minimum Gasteiger partial charge on any atom is -0.464 e. The summed E-state index contributed by atoms with van der Waals surface area (Å²) in [5, 5.41) is 0. The second-order valence-corrected chi connectivity index (χ2v) is 5.04. The van der Waals surface area contributed by atoms with Gasteiger partial charge in [0.1, 0.15) is 11.6 Å². The number of anilines is 1. The molecule has 0 aliphatic carbocycles. The molecule has 23 heavy (non-hydrogen) atoms. The number of nitrogens with two attached hydrogens (primary N) is 3. The van der Waals surface area contributed by atoms with E-state index in [1.54, 1.807) is 36.6 Å². The predicted molar refractivity (Wildman–Crippen MR) is 88.2 cm³/mol. The van der Waals surface area contributed by atoms with E-state index in [2.05, 4.69) is 4.98 Å². The highest BCUT2D eigenvalue weighted by Crippen LogP contribution is 2.31. The second-order valence-electron chi connectivity index (χ2n) is 5.04. The number of nitrogen functional groups attached to an aromatic ring is 1. The molecule has 0 aliphatic rings. The summed E-state index contributed by atoms with van der Waals surface area (Å²) in [6.07, 6.45) is 1.59. The van der Waals surface area contributed by atoms with Crippen molar-refractivity contribution in [2.75, 3.05) is 5.73 Å². The lowest BCUT2D eigenvalue weighted by molar-refractivity contribution is 0.100. The van der Waals surface area contributed by atoms with E-state index in [0.717, 1.165) is 16.7 Å². The first-order valence-corrected chi connectivity index (χ1v) is 7.03. The number of primary amides is 1. The first-order valence-electron chi connectivity index (χ1n) is 7.03. The van der Waals surface area contributed by atoms with Crippen LogP contribution < -0.4 is 17.2 Å². The van der Waals surface area contributed by atoms with Crippen molar-refractivity contribution in [1.29, 1.82) is 0 Å². The molecule has 0 spiro atoms. The standard InChI is InChI=1S/C17H16N4O2/c18-9-13-12(15-2-1-7-23-15)8-14(21-16(13)19)10-3-5-11(6-4-10)17(20)22/h1-8H,9,18H2,(H2,19,21)(H2,20,22). The largest absolute Gasteiger partial charge is 0.464 e. The zero-order valence-corrected chi connectivity index (χ0v) is 12.3. The lowest BCUT2D eigenvalue weighted by Crippen LogP contribution is -2.10. The monoisotopic (exact) mass is 308 g/mol. The van der Waals surface area contributed by atoms with Crippen molar-refractivity contribution >= 4 is 11.7 Å². The fourth-order valence-electron chi connectivity index (χ4n) is 2.41. The highest BCUT2D eigenvalue weighted by atomic mass is 16.3. The number of nitrogens with zero attached hydrogens (tertiary/aromatic N) is 1. The molecular weight excluding hydrogens is 292 g/mol. The summed E-state index contributed by atoms with van der Waals surface area (Å²) in [5.74, 6) is 0.559. The number of hydrogen-bond donors (Lipinski definition) is 3. The SMILES string of the molecule is NCc1c(-c2ccco2)cc(-c2ccc(C(N)=O)cc2)nc1N. The Kier molecular flexibility index (Phi) is 3.82. The maximum Gasteiger partial charge on any atom is 0.248 e. The van der Waals surface area contributed by atoms with Crippen LogP contribution in [0.2, 0.25) is 0 Å². The zero-order chi connectivity index (χ0) is 16.4. The van der Waals surface area contributed by atoms with Crippen LogP contribution in [-0.2, 0) is 6.54 Å². The van der Waals surface area contributed by atoms with E-state index in [4.69, 9.17) is 21.6 Å². The number of rotatable bonds is 4. The summed E-state index contributed by atoms with van der Waals surface area (Å²) in [5.41, 5.74) is 20.5. The van der Waals surface area contributed by atoms with Crippen molar-refractivity contribution in [3.63, 3.8) is 0 Å². The Morgan fingerprint density at radius 1 is 1.17 bits per heavy atom. The van der Waals surface area contributed by atoms with Crippen LogP contribution in [-0.4, -0.2) is 10.9 Å². The molecule has 0 fully saturated rings. The number of aromatic nitrogens is 1. The fourth-order valence-corrected chi connectivity index (χ4v) is 2.41. The van der Waals surface area contributed by atoms with Gasteiger partial charge in [0.2, 0.25) is 5.91 Å². The van der Waals surface area contributed by atoms with Crippen LogP contribution in [0.4, 0.5) is 5.82 Å². The van der Waals surface area contributed by atoms with E-state index in [-0.39, 0.29) is 6.54 Å². The molecule has 0 aliphatic heterocycles. The van der Waals surface area contributed by atoms with Crippen LogP contribution in [0.5, 0.6) is 0 Å².